The van der Waals surface area contributed by atoms with Crippen LogP contribution in [0.5, 0.6) is 0 Å². The number of hydrogen-bond donors (Lipinski definition) is 0. The van der Waals surface area contributed by atoms with Crippen LogP contribution in [0, 0.1) is 0 Å². The number of carbonyl (C=O) groups excluding carboxylic acids is 1. The number of rotatable bonds is 3. The second-order valence-corrected chi connectivity index (χ2v) is 4.40. The van der Waals surface area contributed by atoms with Gasteiger partial charge in [0.05, 0.1) is 13.5 Å². The lowest BCUT2D eigenvalue weighted by molar-refractivity contribution is -0.139. The number of ether oxygens (including phenoxy) is 1. The normalized spacial score (nSPS) is 10.1. The smallest absolute Gasteiger partial charge is 0.309 e. The monoisotopic (exact) mass is 260 g/mol. The first kappa shape index (κ1) is 12.7. The lowest BCUT2D eigenvalue weighted by Gasteiger charge is -2.05. The first-order chi connectivity index (χ1) is 8.69. The molecule has 0 atom stereocenters. The molecule has 0 saturated heterocycles. The zero-order valence-corrected chi connectivity index (χ0v) is 10.8. The summed E-state index contributed by atoms with van der Waals surface area (Å²) in [6.45, 7) is 0. The summed E-state index contributed by atoms with van der Waals surface area (Å²) in [5, 5.41) is 0.712. The third-order valence-corrected chi connectivity index (χ3v) is 2.93. The number of hydrogen-bond acceptors (Lipinski definition) is 2. The van der Waals surface area contributed by atoms with Crippen LogP contribution in [-0.2, 0) is 16.0 Å². The van der Waals surface area contributed by atoms with Gasteiger partial charge in [-0.05, 0) is 28.8 Å². The molecule has 18 heavy (non-hydrogen) atoms. The molecule has 2 aromatic rings. The van der Waals surface area contributed by atoms with Crippen molar-refractivity contribution >= 4 is 17.6 Å². The highest BCUT2D eigenvalue weighted by molar-refractivity contribution is 6.30. The molecular formula is C15H13ClO2. The van der Waals surface area contributed by atoms with Gasteiger partial charge in [0, 0.05) is 5.02 Å². The summed E-state index contributed by atoms with van der Waals surface area (Å²) in [6.07, 6.45) is 0.290. The largest absolute Gasteiger partial charge is 0.469 e. The van der Waals surface area contributed by atoms with E-state index in [0.717, 1.165) is 16.7 Å². The van der Waals surface area contributed by atoms with E-state index in [0.29, 0.717) is 5.02 Å². The Labute approximate surface area is 111 Å². The molecule has 2 aromatic carbocycles. The minimum Gasteiger partial charge on any atom is -0.469 e. The van der Waals surface area contributed by atoms with E-state index in [1.165, 1.54) is 7.11 Å². The van der Waals surface area contributed by atoms with E-state index in [2.05, 4.69) is 4.74 Å². The summed E-state index contributed by atoms with van der Waals surface area (Å²) in [5.41, 5.74) is 3.08. The minimum absolute atomic E-state index is 0.233. The Morgan fingerprint density at radius 2 is 1.83 bits per heavy atom. The van der Waals surface area contributed by atoms with Crippen molar-refractivity contribution < 1.29 is 9.53 Å². The first-order valence-corrected chi connectivity index (χ1v) is 5.98. The van der Waals surface area contributed by atoms with Gasteiger partial charge in [0.25, 0.3) is 0 Å². The highest BCUT2D eigenvalue weighted by atomic mass is 35.5. The van der Waals surface area contributed by atoms with Crippen LogP contribution >= 0.6 is 11.6 Å². The van der Waals surface area contributed by atoms with Crippen LogP contribution in [0.4, 0.5) is 0 Å². The molecule has 0 unspecified atom stereocenters. The Hall–Kier alpha value is -1.80. The van der Waals surface area contributed by atoms with Crippen molar-refractivity contribution in [1.82, 2.24) is 0 Å². The molecule has 0 aliphatic carbocycles. The standard InChI is InChI=1S/C15H13ClO2/c1-18-15(17)10-11-3-2-4-13(9-11)12-5-7-14(16)8-6-12/h2-9H,10H2,1H3. The fourth-order valence-corrected chi connectivity index (χ4v) is 1.87. The summed E-state index contributed by atoms with van der Waals surface area (Å²) >= 11 is 5.86. The van der Waals surface area contributed by atoms with Crippen molar-refractivity contribution in [3.05, 3.63) is 59.1 Å². The van der Waals surface area contributed by atoms with Crippen LogP contribution in [-0.4, -0.2) is 13.1 Å². The fourth-order valence-electron chi connectivity index (χ4n) is 1.74. The molecule has 0 saturated carbocycles. The zero-order chi connectivity index (χ0) is 13.0. The third-order valence-electron chi connectivity index (χ3n) is 2.68. The van der Waals surface area contributed by atoms with Crippen molar-refractivity contribution in [2.24, 2.45) is 0 Å². The maximum atomic E-state index is 11.2. The Balaban J connectivity index is 2.26. The zero-order valence-electron chi connectivity index (χ0n) is 10.0. The van der Waals surface area contributed by atoms with Crippen LogP contribution in [0.15, 0.2) is 48.5 Å². The summed E-state index contributed by atoms with van der Waals surface area (Å²) in [4.78, 5) is 11.2. The van der Waals surface area contributed by atoms with Crippen molar-refractivity contribution in [2.75, 3.05) is 7.11 Å². The molecule has 2 rings (SSSR count). The van der Waals surface area contributed by atoms with Gasteiger partial charge < -0.3 is 4.74 Å². The highest BCUT2D eigenvalue weighted by Crippen LogP contribution is 2.22. The lowest BCUT2D eigenvalue weighted by Crippen LogP contribution is -2.04. The van der Waals surface area contributed by atoms with Gasteiger partial charge >= 0.3 is 5.97 Å². The molecular weight excluding hydrogens is 248 g/mol. The van der Waals surface area contributed by atoms with Crippen molar-refractivity contribution in [1.29, 1.82) is 0 Å². The SMILES string of the molecule is COC(=O)Cc1cccc(-c2ccc(Cl)cc2)c1. The van der Waals surface area contributed by atoms with Crippen LogP contribution in [0.2, 0.25) is 5.02 Å². The molecule has 0 N–H and O–H groups in total. The average Bonchev–Trinajstić information content (AvgIpc) is 2.40. The maximum absolute atomic E-state index is 11.2. The van der Waals surface area contributed by atoms with E-state index < -0.39 is 0 Å². The summed E-state index contributed by atoms with van der Waals surface area (Å²) in [7, 11) is 1.39. The van der Waals surface area contributed by atoms with E-state index in [1.54, 1.807) is 0 Å². The van der Waals surface area contributed by atoms with Crippen LogP contribution in [0.25, 0.3) is 11.1 Å². The molecule has 0 bridgehead atoms. The second kappa shape index (κ2) is 5.69. The van der Waals surface area contributed by atoms with Crippen LogP contribution in [0.1, 0.15) is 5.56 Å². The van der Waals surface area contributed by atoms with Crippen LogP contribution in [0.3, 0.4) is 0 Å². The molecule has 0 fully saturated rings. The van der Waals surface area contributed by atoms with Gasteiger partial charge in [-0.25, -0.2) is 0 Å². The lowest BCUT2D eigenvalue weighted by atomic mass is 10.0. The van der Waals surface area contributed by atoms with Crippen LogP contribution < -0.4 is 0 Å². The van der Waals surface area contributed by atoms with Gasteiger partial charge in [0.2, 0.25) is 0 Å². The Bertz CT molecular complexity index is 547. The number of carbonyl (C=O) groups is 1. The molecule has 2 nitrogen and oxygen atoms in total. The Morgan fingerprint density at radius 1 is 1.11 bits per heavy atom. The maximum Gasteiger partial charge on any atom is 0.309 e. The molecule has 0 heterocycles. The number of methoxy groups -OCH3 is 1. The number of esters is 1. The van der Waals surface area contributed by atoms with Crippen molar-refractivity contribution in [2.45, 2.75) is 6.42 Å². The predicted octanol–water partition coefficient (Wildman–Crippen LogP) is 3.72. The number of halogens is 1. The molecule has 92 valence electrons. The van der Waals surface area contributed by atoms with E-state index in [-0.39, 0.29) is 12.4 Å². The van der Waals surface area contributed by atoms with E-state index in [1.807, 2.05) is 48.5 Å². The molecule has 0 aromatic heterocycles. The number of benzene rings is 2. The summed E-state index contributed by atoms with van der Waals surface area (Å²) in [6, 6.07) is 15.5. The first-order valence-electron chi connectivity index (χ1n) is 5.61. The van der Waals surface area contributed by atoms with Gasteiger partial charge in [0.1, 0.15) is 0 Å². The molecule has 0 aliphatic heterocycles. The van der Waals surface area contributed by atoms with Gasteiger partial charge in [-0.3, -0.25) is 4.79 Å². The minimum atomic E-state index is -0.233. The Kier molecular flexibility index (Phi) is 4.00. The second-order valence-electron chi connectivity index (χ2n) is 3.96. The fraction of sp³-hybridized carbons (Fsp3) is 0.133. The molecule has 3 heteroatoms. The van der Waals surface area contributed by atoms with Gasteiger partial charge in [-0.15, -0.1) is 0 Å². The van der Waals surface area contributed by atoms with Crippen molar-refractivity contribution in [3.63, 3.8) is 0 Å². The van der Waals surface area contributed by atoms with E-state index in [4.69, 9.17) is 11.6 Å². The molecule has 0 aliphatic rings. The average molecular weight is 261 g/mol. The molecule has 0 amide bonds. The Morgan fingerprint density at radius 3 is 2.50 bits per heavy atom. The predicted molar refractivity (Wildman–Crippen MR) is 72.6 cm³/mol. The van der Waals surface area contributed by atoms with E-state index >= 15 is 0 Å². The topological polar surface area (TPSA) is 26.3 Å². The van der Waals surface area contributed by atoms with E-state index in [9.17, 15) is 4.79 Å². The molecule has 0 radical (unpaired) electrons. The van der Waals surface area contributed by atoms with Crippen molar-refractivity contribution in [3.8, 4) is 11.1 Å². The summed E-state index contributed by atoms with van der Waals surface area (Å²) < 4.78 is 4.66. The third kappa shape index (κ3) is 3.11. The van der Waals surface area contributed by atoms with Gasteiger partial charge in [-0.1, -0.05) is 48.0 Å². The quantitative estimate of drug-likeness (QED) is 0.786. The summed E-state index contributed by atoms with van der Waals surface area (Å²) in [5.74, 6) is -0.233. The van der Waals surface area contributed by atoms with Gasteiger partial charge in [0.15, 0.2) is 0 Å². The van der Waals surface area contributed by atoms with Gasteiger partial charge in [-0.2, -0.15) is 0 Å². The molecule has 0 spiro atoms. The highest BCUT2D eigenvalue weighted by Gasteiger charge is 2.04.